The molecule has 1 aliphatic rings. The standard InChI is InChI=1S/C17H18N2O2/c1-21-16-8-7-13(11-18-16)9-14-10-17(20)19(12-14)15-5-3-2-4-6-15/h2-8,11,14H,9-10,12H2,1H3/t14-/m1/s1. The molecule has 0 spiro atoms. The number of carbonyl (C=O) groups is 1. The Morgan fingerprint density at radius 1 is 1.24 bits per heavy atom. The molecule has 1 aliphatic heterocycles. The van der Waals surface area contributed by atoms with Crippen molar-refractivity contribution >= 4 is 11.6 Å². The zero-order valence-corrected chi connectivity index (χ0v) is 12.0. The number of para-hydroxylation sites is 1. The minimum Gasteiger partial charge on any atom is -0.481 e. The van der Waals surface area contributed by atoms with Crippen molar-refractivity contribution in [3.05, 3.63) is 54.2 Å². The van der Waals surface area contributed by atoms with Crippen LogP contribution in [0.2, 0.25) is 0 Å². The number of anilines is 1. The van der Waals surface area contributed by atoms with Crippen molar-refractivity contribution in [1.29, 1.82) is 0 Å². The summed E-state index contributed by atoms with van der Waals surface area (Å²) < 4.78 is 5.06. The van der Waals surface area contributed by atoms with Crippen molar-refractivity contribution in [2.45, 2.75) is 12.8 Å². The predicted octanol–water partition coefficient (Wildman–Crippen LogP) is 2.69. The van der Waals surface area contributed by atoms with Crippen LogP contribution in [0.15, 0.2) is 48.7 Å². The summed E-state index contributed by atoms with van der Waals surface area (Å²) in [5.41, 5.74) is 2.13. The van der Waals surface area contributed by atoms with Crippen LogP contribution < -0.4 is 9.64 Å². The molecule has 0 N–H and O–H groups in total. The maximum Gasteiger partial charge on any atom is 0.227 e. The lowest BCUT2D eigenvalue weighted by Crippen LogP contribution is -2.24. The summed E-state index contributed by atoms with van der Waals surface area (Å²) in [6, 6.07) is 13.7. The molecule has 1 saturated heterocycles. The van der Waals surface area contributed by atoms with Crippen LogP contribution in [0.5, 0.6) is 5.88 Å². The van der Waals surface area contributed by atoms with Gasteiger partial charge >= 0.3 is 0 Å². The van der Waals surface area contributed by atoms with Crippen molar-refractivity contribution < 1.29 is 9.53 Å². The smallest absolute Gasteiger partial charge is 0.227 e. The van der Waals surface area contributed by atoms with Gasteiger partial charge in [0, 0.05) is 30.9 Å². The Bertz CT molecular complexity index is 610. The van der Waals surface area contributed by atoms with Gasteiger partial charge in [-0.1, -0.05) is 24.3 Å². The second-order valence-corrected chi connectivity index (χ2v) is 5.32. The molecule has 1 atom stereocenters. The Hall–Kier alpha value is -2.36. The van der Waals surface area contributed by atoms with E-state index < -0.39 is 0 Å². The van der Waals surface area contributed by atoms with Crippen LogP contribution in [-0.2, 0) is 11.2 Å². The van der Waals surface area contributed by atoms with E-state index in [-0.39, 0.29) is 5.91 Å². The fourth-order valence-electron chi connectivity index (χ4n) is 2.76. The average Bonchev–Trinajstić information content (AvgIpc) is 2.89. The van der Waals surface area contributed by atoms with E-state index in [1.54, 1.807) is 7.11 Å². The fourth-order valence-corrected chi connectivity index (χ4v) is 2.76. The molecule has 2 heterocycles. The van der Waals surface area contributed by atoms with E-state index in [0.29, 0.717) is 18.2 Å². The number of benzene rings is 1. The van der Waals surface area contributed by atoms with Crippen molar-refractivity contribution in [2.24, 2.45) is 5.92 Å². The van der Waals surface area contributed by atoms with E-state index in [1.165, 1.54) is 0 Å². The second kappa shape index (κ2) is 5.95. The monoisotopic (exact) mass is 282 g/mol. The van der Waals surface area contributed by atoms with Crippen LogP contribution in [0.3, 0.4) is 0 Å². The molecule has 0 radical (unpaired) electrons. The molecule has 2 aromatic rings. The number of pyridine rings is 1. The van der Waals surface area contributed by atoms with Crippen LogP contribution in [0.25, 0.3) is 0 Å². The molecule has 1 amide bonds. The van der Waals surface area contributed by atoms with Crippen LogP contribution in [-0.4, -0.2) is 24.5 Å². The van der Waals surface area contributed by atoms with Crippen LogP contribution in [0.4, 0.5) is 5.69 Å². The van der Waals surface area contributed by atoms with E-state index in [1.807, 2.05) is 53.6 Å². The highest BCUT2D eigenvalue weighted by Gasteiger charge is 2.30. The summed E-state index contributed by atoms with van der Waals surface area (Å²) in [4.78, 5) is 18.3. The summed E-state index contributed by atoms with van der Waals surface area (Å²) in [6.45, 7) is 0.773. The predicted molar refractivity (Wildman–Crippen MR) is 81.4 cm³/mol. The molecule has 0 bridgehead atoms. The number of hydrogen-bond acceptors (Lipinski definition) is 3. The van der Waals surface area contributed by atoms with Gasteiger partial charge in [-0.2, -0.15) is 0 Å². The lowest BCUT2D eigenvalue weighted by atomic mass is 10.00. The van der Waals surface area contributed by atoms with Crippen LogP contribution in [0.1, 0.15) is 12.0 Å². The van der Waals surface area contributed by atoms with Crippen molar-refractivity contribution in [1.82, 2.24) is 4.98 Å². The van der Waals surface area contributed by atoms with Gasteiger partial charge in [-0.05, 0) is 30.0 Å². The van der Waals surface area contributed by atoms with Crippen molar-refractivity contribution in [3.8, 4) is 5.88 Å². The molecule has 1 aromatic heterocycles. The van der Waals surface area contributed by atoms with Crippen molar-refractivity contribution in [3.63, 3.8) is 0 Å². The third kappa shape index (κ3) is 3.05. The molecule has 1 aromatic carbocycles. The first-order valence-electron chi connectivity index (χ1n) is 7.10. The largest absolute Gasteiger partial charge is 0.481 e. The molecule has 108 valence electrons. The number of amides is 1. The number of nitrogens with zero attached hydrogens (tertiary/aromatic N) is 2. The molecule has 4 heteroatoms. The van der Waals surface area contributed by atoms with Gasteiger partial charge in [0.2, 0.25) is 11.8 Å². The summed E-state index contributed by atoms with van der Waals surface area (Å²) in [7, 11) is 1.61. The molecular weight excluding hydrogens is 264 g/mol. The number of ether oxygens (including phenoxy) is 1. The first-order valence-corrected chi connectivity index (χ1v) is 7.10. The normalized spacial score (nSPS) is 18.0. The molecule has 0 aliphatic carbocycles. The minimum atomic E-state index is 0.202. The van der Waals surface area contributed by atoms with Gasteiger partial charge < -0.3 is 9.64 Å². The van der Waals surface area contributed by atoms with E-state index in [9.17, 15) is 4.79 Å². The molecule has 3 rings (SSSR count). The van der Waals surface area contributed by atoms with E-state index in [0.717, 1.165) is 24.2 Å². The minimum absolute atomic E-state index is 0.202. The third-order valence-corrected chi connectivity index (χ3v) is 3.80. The van der Waals surface area contributed by atoms with E-state index >= 15 is 0 Å². The number of hydrogen-bond donors (Lipinski definition) is 0. The molecule has 1 fully saturated rings. The molecule has 0 saturated carbocycles. The van der Waals surface area contributed by atoms with Gasteiger partial charge in [0.25, 0.3) is 0 Å². The fraction of sp³-hybridized carbons (Fsp3) is 0.294. The lowest BCUT2D eigenvalue weighted by molar-refractivity contribution is -0.117. The summed E-state index contributed by atoms with van der Waals surface area (Å²) in [5, 5.41) is 0. The number of carbonyl (C=O) groups excluding carboxylic acids is 1. The van der Waals surface area contributed by atoms with Gasteiger partial charge in [-0.3, -0.25) is 4.79 Å². The lowest BCUT2D eigenvalue weighted by Gasteiger charge is -2.16. The van der Waals surface area contributed by atoms with Crippen LogP contribution in [0, 0.1) is 5.92 Å². The molecule has 4 nitrogen and oxygen atoms in total. The van der Waals surface area contributed by atoms with Gasteiger partial charge in [-0.25, -0.2) is 4.98 Å². The third-order valence-electron chi connectivity index (χ3n) is 3.80. The van der Waals surface area contributed by atoms with Crippen LogP contribution >= 0.6 is 0 Å². The summed E-state index contributed by atoms with van der Waals surface area (Å²) >= 11 is 0. The Morgan fingerprint density at radius 3 is 2.71 bits per heavy atom. The second-order valence-electron chi connectivity index (χ2n) is 5.32. The zero-order chi connectivity index (χ0) is 14.7. The first-order chi connectivity index (χ1) is 10.3. The maximum atomic E-state index is 12.2. The molecule has 21 heavy (non-hydrogen) atoms. The first kappa shape index (κ1) is 13.6. The Balaban J connectivity index is 1.67. The Labute approximate surface area is 124 Å². The number of methoxy groups -OCH3 is 1. The number of aromatic nitrogens is 1. The van der Waals surface area contributed by atoms with Gasteiger partial charge in [0.15, 0.2) is 0 Å². The highest BCUT2D eigenvalue weighted by Crippen LogP contribution is 2.27. The van der Waals surface area contributed by atoms with Gasteiger partial charge in [0.05, 0.1) is 7.11 Å². The highest BCUT2D eigenvalue weighted by atomic mass is 16.5. The van der Waals surface area contributed by atoms with Crippen molar-refractivity contribution in [2.75, 3.05) is 18.6 Å². The van der Waals surface area contributed by atoms with Gasteiger partial charge in [0.1, 0.15) is 0 Å². The molecule has 0 unspecified atom stereocenters. The van der Waals surface area contributed by atoms with Gasteiger partial charge in [-0.15, -0.1) is 0 Å². The number of rotatable bonds is 4. The van der Waals surface area contributed by atoms with E-state index in [2.05, 4.69) is 4.98 Å². The summed E-state index contributed by atoms with van der Waals surface area (Å²) in [5.74, 6) is 1.16. The SMILES string of the molecule is COc1ccc(C[C@@H]2CC(=O)N(c3ccccc3)C2)cn1. The zero-order valence-electron chi connectivity index (χ0n) is 12.0. The molecular formula is C17H18N2O2. The summed E-state index contributed by atoms with van der Waals surface area (Å²) in [6.07, 6.45) is 3.29. The quantitative estimate of drug-likeness (QED) is 0.866. The topological polar surface area (TPSA) is 42.4 Å². The Morgan fingerprint density at radius 2 is 2.05 bits per heavy atom. The highest BCUT2D eigenvalue weighted by molar-refractivity contribution is 5.95. The van der Waals surface area contributed by atoms with E-state index in [4.69, 9.17) is 4.74 Å². The maximum absolute atomic E-state index is 12.2. The average molecular weight is 282 g/mol. The Kier molecular flexibility index (Phi) is 3.86.